The maximum absolute atomic E-state index is 9.47. The summed E-state index contributed by atoms with van der Waals surface area (Å²) >= 11 is 0. The molecule has 1 heterocycles. The second-order valence-electron chi connectivity index (χ2n) is 5.82. The highest BCUT2D eigenvalue weighted by molar-refractivity contribution is 5.80. The number of benzene rings is 1. The Morgan fingerprint density at radius 2 is 1.89 bits per heavy atom. The summed E-state index contributed by atoms with van der Waals surface area (Å²) in [6.07, 6.45) is 0. The molecule has 19 heavy (non-hydrogen) atoms. The van der Waals surface area contributed by atoms with Crippen LogP contribution in [0.2, 0.25) is 0 Å². The van der Waals surface area contributed by atoms with E-state index in [1.54, 1.807) is 6.07 Å². The molecule has 2 rings (SSSR count). The van der Waals surface area contributed by atoms with Crippen LogP contribution >= 0.6 is 0 Å². The zero-order chi connectivity index (χ0) is 14.2. The number of aromatic nitrogens is 2. The van der Waals surface area contributed by atoms with Gasteiger partial charge in [0, 0.05) is 11.1 Å². The van der Waals surface area contributed by atoms with Gasteiger partial charge in [0.2, 0.25) is 0 Å². The summed E-state index contributed by atoms with van der Waals surface area (Å²) < 4.78 is 1.91. The number of anilines is 1. The molecule has 0 amide bonds. The minimum atomic E-state index is -0.386. The van der Waals surface area contributed by atoms with Gasteiger partial charge in [0.25, 0.3) is 0 Å². The number of aliphatic hydroxyl groups is 2. The van der Waals surface area contributed by atoms with Gasteiger partial charge >= 0.3 is 0 Å². The molecule has 0 aliphatic carbocycles. The Hall–Kier alpha value is -1.59. The summed E-state index contributed by atoms with van der Waals surface area (Å²) in [5.41, 5.74) is 7.93. The average Bonchev–Trinajstić information content (AvgIpc) is 2.69. The lowest BCUT2D eigenvalue weighted by molar-refractivity contribution is 0.152. The first-order valence-electron chi connectivity index (χ1n) is 6.38. The lowest BCUT2D eigenvalue weighted by Gasteiger charge is -2.24. The van der Waals surface area contributed by atoms with Crippen molar-refractivity contribution < 1.29 is 10.2 Å². The molecule has 5 nitrogen and oxygen atoms in total. The normalized spacial score (nSPS) is 12.5. The van der Waals surface area contributed by atoms with E-state index in [1.165, 1.54) is 0 Å². The van der Waals surface area contributed by atoms with Crippen LogP contribution in [-0.4, -0.2) is 33.0 Å². The molecule has 4 N–H and O–H groups in total. The van der Waals surface area contributed by atoms with E-state index in [-0.39, 0.29) is 24.7 Å². The zero-order valence-electron chi connectivity index (χ0n) is 11.6. The summed E-state index contributed by atoms with van der Waals surface area (Å²) in [6, 6.07) is 5.11. The number of aliphatic hydroxyl groups excluding tert-OH is 2. The molecule has 1 aromatic heterocycles. The summed E-state index contributed by atoms with van der Waals surface area (Å²) in [5, 5.41) is 18.9. The number of hydrogen-bond acceptors (Lipinski definition) is 4. The van der Waals surface area contributed by atoms with Crippen molar-refractivity contribution in [2.45, 2.75) is 32.2 Å². The third-order valence-electron chi connectivity index (χ3n) is 3.17. The topological polar surface area (TPSA) is 84.3 Å². The Morgan fingerprint density at radius 3 is 2.42 bits per heavy atom. The van der Waals surface area contributed by atoms with Gasteiger partial charge in [-0.15, -0.1) is 0 Å². The molecular formula is C14H21N3O2. The molecule has 0 spiro atoms. The molecule has 0 saturated heterocycles. The monoisotopic (exact) mass is 263 g/mol. The molecule has 0 bridgehead atoms. The lowest BCUT2D eigenvalue weighted by atomic mass is 9.95. The van der Waals surface area contributed by atoms with E-state index in [2.05, 4.69) is 25.8 Å². The Labute approximate surface area is 112 Å². The van der Waals surface area contributed by atoms with Crippen molar-refractivity contribution in [3.05, 3.63) is 24.0 Å². The number of rotatable bonds is 3. The highest BCUT2D eigenvalue weighted by Gasteiger charge is 2.26. The standard InChI is InChI=1S/C14H21N3O2/c1-14(2,3)13-16-11-6-9(15)4-5-12(11)17(13)10(7-18)8-19/h4-6,10,18-19H,7-8,15H2,1-3H3. The van der Waals surface area contributed by atoms with Crippen molar-refractivity contribution in [3.8, 4) is 0 Å². The van der Waals surface area contributed by atoms with Crippen molar-refractivity contribution in [2.24, 2.45) is 0 Å². The molecule has 0 unspecified atom stereocenters. The van der Waals surface area contributed by atoms with Gasteiger partial charge in [-0.1, -0.05) is 20.8 Å². The van der Waals surface area contributed by atoms with E-state index < -0.39 is 0 Å². The predicted octanol–water partition coefficient (Wildman–Crippen LogP) is 1.44. The zero-order valence-corrected chi connectivity index (χ0v) is 11.6. The number of nitrogens with zero attached hydrogens (tertiary/aromatic N) is 2. The first kappa shape index (κ1) is 13.8. The molecule has 0 aliphatic rings. The molecule has 2 aromatic rings. The molecular weight excluding hydrogens is 242 g/mol. The third-order valence-corrected chi connectivity index (χ3v) is 3.17. The molecule has 5 heteroatoms. The Balaban J connectivity index is 2.75. The first-order valence-corrected chi connectivity index (χ1v) is 6.38. The average molecular weight is 263 g/mol. The van der Waals surface area contributed by atoms with Crippen molar-refractivity contribution in [1.29, 1.82) is 0 Å². The lowest BCUT2D eigenvalue weighted by Crippen LogP contribution is -2.25. The number of nitrogen functional groups attached to an aromatic ring is 1. The van der Waals surface area contributed by atoms with Gasteiger partial charge in [-0.3, -0.25) is 0 Å². The van der Waals surface area contributed by atoms with Gasteiger partial charge in [-0.2, -0.15) is 0 Å². The van der Waals surface area contributed by atoms with Gasteiger partial charge in [-0.05, 0) is 18.2 Å². The van der Waals surface area contributed by atoms with Crippen LogP contribution in [0.4, 0.5) is 5.69 Å². The number of imidazole rings is 1. The Bertz CT molecular complexity index is 580. The highest BCUT2D eigenvalue weighted by Crippen LogP contribution is 2.30. The van der Waals surface area contributed by atoms with Gasteiger partial charge in [-0.25, -0.2) is 4.98 Å². The van der Waals surface area contributed by atoms with Gasteiger partial charge in [0.15, 0.2) is 0 Å². The van der Waals surface area contributed by atoms with E-state index in [1.807, 2.05) is 16.7 Å². The van der Waals surface area contributed by atoms with Crippen LogP contribution in [0, 0.1) is 0 Å². The summed E-state index contributed by atoms with van der Waals surface area (Å²) in [5.74, 6) is 0.834. The summed E-state index contributed by atoms with van der Waals surface area (Å²) in [7, 11) is 0. The van der Waals surface area contributed by atoms with Crippen LogP contribution in [0.25, 0.3) is 11.0 Å². The summed E-state index contributed by atoms with van der Waals surface area (Å²) in [6.45, 7) is 5.91. The van der Waals surface area contributed by atoms with Crippen molar-refractivity contribution in [1.82, 2.24) is 9.55 Å². The van der Waals surface area contributed by atoms with Crippen LogP contribution in [0.5, 0.6) is 0 Å². The minimum Gasteiger partial charge on any atom is -0.399 e. The quantitative estimate of drug-likeness (QED) is 0.732. The van der Waals surface area contributed by atoms with Crippen LogP contribution in [0.15, 0.2) is 18.2 Å². The van der Waals surface area contributed by atoms with E-state index in [9.17, 15) is 10.2 Å². The van der Waals surface area contributed by atoms with E-state index in [0.717, 1.165) is 16.9 Å². The fourth-order valence-corrected chi connectivity index (χ4v) is 2.24. The molecule has 0 radical (unpaired) electrons. The number of fused-ring (bicyclic) bond motifs is 1. The molecule has 1 aromatic carbocycles. The second kappa shape index (κ2) is 4.83. The number of nitrogens with two attached hydrogens (primary N) is 1. The van der Waals surface area contributed by atoms with Gasteiger partial charge in [0.1, 0.15) is 5.82 Å². The molecule has 0 saturated carbocycles. The predicted molar refractivity (Wildman–Crippen MR) is 76.1 cm³/mol. The van der Waals surface area contributed by atoms with Crippen molar-refractivity contribution in [3.63, 3.8) is 0 Å². The van der Waals surface area contributed by atoms with Gasteiger partial charge < -0.3 is 20.5 Å². The largest absolute Gasteiger partial charge is 0.399 e. The third kappa shape index (κ3) is 2.43. The summed E-state index contributed by atoms with van der Waals surface area (Å²) in [4.78, 5) is 4.62. The Kier molecular flexibility index (Phi) is 3.52. The van der Waals surface area contributed by atoms with Crippen LogP contribution < -0.4 is 5.73 Å². The first-order chi connectivity index (χ1) is 8.88. The van der Waals surface area contributed by atoms with Crippen LogP contribution in [-0.2, 0) is 5.41 Å². The molecule has 0 fully saturated rings. The van der Waals surface area contributed by atoms with Crippen LogP contribution in [0.3, 0.4) is 0 Å². The second-order valence-corrected chi connectivity index (χ2v) is 5.82. The molecule has 104 valence electrons. The fourth-order valence-electron chi connectivity index (χ4n) is 2.24. The minimum absolute atomic E-state index is 0.130. The van der Waals surface area contributed by atoms with E-state index >= 15 is 0 Å². The highest BCUT2D eigenvalue weighted by atomic mass is 16.3. The van der Waals surface area contributed by atoms with Crippen molar-refractivity contribution >= 4 is 16.7 Å². The maximum Gasteiger partial charge on any atom is 0.115 e. The van der Waals surface area contributed by atoms with Crippen LogP contribution in [0.1, 0.15) is 32.6 Å². The SMILES string of the molecule is CC(C)(C)c1nc2cc(N)ccc2n1C(CO)CO. The Morgan fingerprint density at radius 1 is 1.26 bits per heavy atom. The number of hydrogen-bond donors (Lipinski definition) is 3. The van der Waals surface area contributed by atoms with Crippen molar-refractivity contribution in [2.75, 3.05) is 18.9 Å². The maximum atomic E-state index is 9.47. The van der Waals surface area contributed by atoms with Gasteiger partial charge in [0.05, 0.1) is 30.3 Å². The molecule has 0 atom stereocenters. The van der Waals surface area contributed by atoms with E-state index in [4.69, 9.17) is 5.73 Å². The fraction of sp³-hybridized carbons (Fsp3) is 0.500. The smallest absolute Gasteiger partial charge is 0.115 e. The van der Waals surface area contributed by atoms with E-state index in [0.29, 0.717) is 5.69 Å². The molecule has 0 aliphatic heterocycles.